The molecule has 7 nitrogen and oxygen atoms in total. The van der Waals surface area contributed by atoms with Crippen molar-refractivity contribution in [2.75, 3.05) is 6.54 Å². The fraction of sp³-hybridized carbons (Fsp3) is 0.478. The second-order valence-electron chi connectivity index (χ2n) is 8.17. The second-order valence-corrected chi connectivity index (χ2v) is 8.17. The molecule has 3 aromatic heterocycles. The molecule has 0 spiro atoms. The Morgan fingerprint density at radius 3 is 2.73 bits per heavy atom. The van der Waals surface area contributed by atoms with E-state index in [1.807, 2.05) is 30.5 Å². The largest absolute Gasteiger partial charge is 0.474 e. The lowest BCUT2D eigenvalue weighted by molar-refractivity contribution is 0.148. The summed E-state index contributed by atoms with van der Waals surface area (Å²) in [6.45, 7) is 1.80. The van der Waals surface area contributed by atoms with E-state index in [4.69, 9.17) is 9.26 Å². The molecule has 0 radical (unpaired) electrons. The van der Waals surface area contributed by atoms with Crippen molar-refractivity contribution in [3.8, 4) is 17.3 Å². The van der Waals surface area contributed by atoms with Crippen molar-refractivity contribution in [2.45, 2.75) is 63.6 Å². The van der Waals surface area contributed by atoms with Gasteiger partial charge in [-0.1, -0.05) is 17.6 Å². The van der Waals surface area contributed by atoms with Gasteiger partial charge in [0, 0.05) is 30.6 Å². The molecule has 5 rings (SSSR count). The molecule has 4 heterocycles. The summed E-state index contributed by atoms with van der Waals surface area (Å²) in [6.07, 6.45) is 12.1. The molecule has 7 heteroatoms. The molecule has 1 unspecified atom stereocenters. The summed E-state index contributed by atoms with van der Waals surface area (Å²) >= 11 is 0. The van der Waals surface area contributed by atoms with Crippen molar-refractivity contribution >= 4 is 0 Å². The third-order valence-corrected chi connectivity index (χ3v) is 6.02. The van der Waals surface area contributed by atoms with E-state index in [0.29, 0.717) is 23.7 Å². The van der Waals surface area contributed by atoms with Crippen LogP contribution in [0.15, 0.2) is 47.2 Å². The Morgan fingerprint density at radius 2 is 1.93 bits per heavy atom. The van der Waals surface area contributed by atoms with Gasteiger partial charge in [-0.3, -0.25) is 9.88 Å². The predicted molar refractivity (Wildman–Crippen MR) is 112 cm³/mol. The van der Waals surface area contributed by atoms with Crippen molar-refractivity contribution in [2.24, 2.45) is 0 Å². The monoisotopic (exact) mass is 405 g/mol. The Hall–Kier alpha value is -2.80. The highest BCUT2D eigenvalue weighted by Crippen LogP contribution is 2.33. The van der Waals surface area contributed by atoms with Crippen LogP contribution in [0.1, 0.15) is 62.6 Å². The summed E-state index contributed by atoms with van der Waals surface area (Å²) in [4.78, 5) is 15.9. The molecular weight excluding hydrogens is 378 g/mol. The predicted octanol–water partition coefficient (Wildman–Crippen LogP) is 4.58. The fourth-order valence-corrected chi connectivity index (χ4v) is 4.42. The molecule has 0 bridgehead atoms. The highest BCUT2D eigenvalue weighted by atomic mass is 16.5. The first-order chi connectivity index (χ1) is 14.8. The van der Waals surface area contributed by atoms with Gasteiger partial charge < -0.3 is 9.26 Å². The van der Waals surface area contributed by atoms with Gasteiger partial charge in [0.1, 0.15) is 6.10 Å². The van der Waals surface area contributed by atoms with Gasteiger partial charge in [-0.2, -0.15) is 4.98 Å². The molecule has 1 saturated heterocycles. The SMILES string of the molecule is c1ccc(CN2CCCC2c2nc(-c3ccc(OC4CCCCC4)nc3)no2)nc1. The van der Waals surface area contributed by atoms with Crippen LogP contribution in [0.4, 0.5) is 0 Å². The second kappa shape index (κ2) is 8.92. The topological polar surface area (TPSA) is 77.2 Å². The Balaban J connectivity index is 1.25. The van der Waals surface area contributed by atoms with Crippen molar-refractivity contribution in [3.63, 3.8) is 0 Å². The molecule has 0 amide bonds. The van der Waals surface area contributed by atoms with Gasteiger partial charge in [-0.15, -0.1) is 0 Å². The molecule has 30 heavy (non-hydrogen) atoms. The summed E-state index contributed by atoms with van der Waals surface area (Å²) < 4.78 is 11.7. The molecule has 1 saturated carbocycles. The standard InChI is InChI=1S/C23H27N5O2/c1-2-8-19(9-3-1)29-21-12-11-17(15-25-21)22-26-23(30-27-22)20-10-6-14-28(20)16-18-7-4-5-13-24-18/h4-5,7,11-13,15,19-20H,1-3,6,8-10,14,16H2. The minimum Gasteiger partial charge on any atom is -0.474 e. The van der Waals surface area contributed by atoms with Crippen molar-refractivity contribution < 1.29 is 9.26 Å². The zero-order chi connectivity index (χ0) is 20.2. The average Bonchev–Trinajstić information content (AvgIpc) is 3.45. The Bertz CT molecular complexity index is 938. The fourth-order valence-electron chi connectivity index (χ4n) is 4.42. The van der Waals surface area contributed by atoms with E-state index >= 15 is 0 Å². The normalized spacial score (nSPS) is 20.5. The van der Waals surface area contributed by atoms with Gasteiger partial charge >= 0.3 is 0 Å². The lowest BCUT2D eigenvalue weighted by atomic mass is 9.98. The van der Waals surface area contributed by atoms with Crippen LogP contribution in [-0.4, -0.2) is 37.7 Å². The highest BCUT2D eigenvalue weighted by Gasteiger charge is 2.31. The molecule has 1 atom stereocenters. The highest BCUT2D eigenvalue weighted by molar-refractivity contribution is 5.53. The average molecular weight is 406 g/mol. The van der Waals surface area contributed by atoms with Gasteiger partial charge in [-0.25, -0.2) is 4.98 Å². The van der Waals surface area contributed by atoms with E-state index in [2.05, 4.69) is 31.1 Å². The van der Waals surface area contributed by atoms with Gasteiger partial charge in [0.25, 0.3) is 0 Å². The first kappa shape index (κ1) is 19.2. The Kier molecular flexibility index (Phi) is 5.70. The van der Waals surface area contributed by atoms with Crippen molar-refractivity contribution in [3.05, 3.63) is 54.3 Å². The Morgan fingerprint density at radius 1 is 1.00 bits per heavy atom. The number of rotatable bonds is 6. The molecule has 0 aromatic carbocycles. The molecule has 1 aliphatic carbocycles. The van der Waals surface area contributed by atoms with Crippen molar-refractivity contribution in [1.82, 2.24) is 25.0 Å². The van der Waals surface area contributed by atoms with E-state index in [9.17, 15) is 0 Å². The molecule has 156 valence electrons. The van der Waals surface area contributed by atoms with E-state index in [0.717, 1.165) is 50.0 Å². The number of likely N-dealkylation sites (tertiary alicyclic amines) is 1. The van der Waals surface area contributed by atoms with Gasteiger partial charge in [0.2, 0.25) is 17.6 Å². The lowest BCUT2D eigenvalue weighted by Gasteiger charge is -2.22. The number of pyridine rings is 2. The minimum absolute atomic E-state index is 0.134. The van der Waals surface area contributed by atoms with E-state index in [1.165, 1.54) is 19.3 Å². The van der Waals surface area contributed by atoms with Gasteiger partial charge in [-0.05, 0) is 63.3 Å². The van der Waals surface area contributed by atoms with E-state index in [1.54, 1.807) is 6.20 Å². The number of aromatic nitrogens is 4. The summed E-state index contributed by atoms with van der Waals surface area (Å²) in [6, 6.07) is 10.0. The van der Waals surface area contributed by atoms with Crippen LogP contribution < -0.4 is 4.74 Å². The van der Waals surface area contributed by atoms with Crippen LogP contribution in [-0.2, 0) is 6.54 Å². The van der Waals surface area contributed by atoms with Crippen LogP contribution in [0.2, 0.25) is 0 Å². The minimum atomic E-state index is 0.134. The van der Waals surface area contributed by atoms with Crippen molar-refractivity contribution in [1.29, 1.82) is 0 Å². The summed E-state index contributed by atoms with van der Waals surface area (Å²) in [5, 5.41) is 4.21. The zero-order valence-corrected chi connectivity index (χ0v) is 17.1. The van der Waals surface area contributed by atoms with Crippen LogP contribution in [0, 0.1) is 0 Å². The quantitative estimate of drug-likeness (QED) is 0.594. The molecule has 1 aliphatic heterocycles. The maximum atomic E-state index is 6.02. The molecular formula is C23H27N5O2. The lowest BCUT2D eigenvalue weighted by Crippen LogP contribution is -2.23. The first-order valence-electron chi connectivity index (χ1n) is 11.0. The van der Waals surface area contributed by atoms with Gasteiger partial charge in [0.15, 0.2) is 0 Å². The van der Waals surface area contributed by atoms with E-state index in [-0.39, 0.29) is 6.04 Å². The molecule has 0 N–H and O–H groups in total. The Labute approximate surface area is 176 Å². The summed E-state index contributed by atoms with van der Waals surface area (Å²) in [7, 11) is 0. The van der Waals surface area contributed by atoms with Crippen LogP contribution in [0.5, 0.6) is 5.88 Å². The number of hydrogen-bond acceptors (Lipinski definition) is 7. The molecule has 2 fully saturated rings. The summed E-state index contributed by atoms with van der Waals surface area (Å²) in [5.41, 5.74) is 1.90. The summed E-state index contributed by atoms with van der Waals surface area (Å²) in [5.74, 6) is 1.92. The number of nitrogens with zero attached hydrogens (tertiary/aromatic N) is 5. The first-order valence-corrected chi connectivity index (χ1v) is 11.0. The number of hydrogen-bond donors (Lipinski definition) is 0. The third kappa shape index (κ3) is 4.36. The van der Waals surface area contributed by atoms with Gasteiger partial charge in [0.05, 0.1) is 11.7 Å². The van der Waals surface area contributed by atoms with Crippen LogP contribution >= 0.6 is 0 Å². The number of ether oxygens (including phenoxy) is 1. The van der Waals surface area contributed by atoms with Crippen LogP contribution in [0.3, 0.4) is 0 Å². The van der Waals surface area contributed by atoms with E-state index < -0.39 is 0 Å². The maximum Gasteiger partial charge on any atom is 0.244 e. The maximum absolute atomic E-state index is 6.02. The molecule has 3 aromatic rings. The smallest absolute Gasteiger partial charge is 0.244 e. The third-order valence-electron chi connectivity index (χ3n) is 6.02. The van der Waals surface area contributed by atoms with Crippen LogP contribution in [0.25, 0.3) is 11.4 Å². The zero-order valence-electron chi connectivity index (χ0n) is 17.1. The molecule has 2 aliphatic rings.